The minimum atomic E-state index is 0.194. The summed E-state index contributed by atoms with van der Waals surface area (Å²) in [6, 6.07) is 8.12. The molecule has 0 aliphatic heterocycles. The lowest BCUT2D eigenvalue weighted by molar-refractivity contribution is 0.0895. The van der Waals surface area contributed by atoms with Crippen LogP contribution < -0.4 is 0 Å². The number of hydrogen-bond donors (Lipinski definition) is 0. The summed E-state index contributed by atoms with van der Waals surface area (Å²) >= 11 is 0. The summed E-state index contributed by atoms with van der Waals surface area (Å²) in [5.41, 5.74) is 2.17. The molecule has 0 atom stereocenters. The lowest BCUT2D eigenvalue weighted by Gasteiger charge is -2.26. The van der Waals surface area contributed by atoms with Gasteiger partial charge in [0, 0.05) is 18.6 Å². The Hall–Kier alpha value is -1.15. The van der Waals surface area contributed by atoms with E-state index in [-0.39, 0.29) is 5.78 Å². The third kappa shape index (κ3) is 3.16. The van der Waals surface area contributed by atoms with Gasteiger partial charge in [0.25, 0.3) is 0 Å². The van der Waals surface area contributed by atoms with E-state index in [0.717, 1.165) is 5.56 Å². The van der Waals surface area contributed by atoms with Gasteiger partial charge in [0.05, 0.1) is 6.61 Å². The summed E-state index contributed by atoms with van der Waals surface area (Å²) in [6.45, 7) is 3.15. The molecule has 0 amide bonds. The number of Topliss-reactive ketones (excluding diaryl/α,β-unsaturated/α-hetero) is 1. The van der Waals surface area contributed by atoms with E-state index in [1.54, 1.807) is 0 Å². The average Bonchev–Trinajstić information content (AvgIpc) is 2.27. The lowest BCUT2D eigenvalue weighted by atomic mass is 9.79. The molecule has 1 aliphatic carbocycles. The van der Waals surface area contributed by atoms with Crippen molar-refractivity contribution in [2.45, 2.75) is 38.5 Å². The van der Waals surface area contributed by atoms with Crippen LogP contribution in [0.2, 0.25) is 0 Å². The van der Waals surface area contributed by atoms with E-state index in [1.807, 2.05) is 19.1 Å². The van der Waals surface area contributed by atoms with Crippen molar-refractivity contribution < 1.29 is 9.53 Å². The molecule has 0 saturated heterocycles. The highest BCUT2D eigenvalue weighted by Crippen LogP contribution is 2.36. The second kappa shape index (κ2) is 5.97. The number of ketones is 1. The van der Waals surface area contributed by atoms with Gasteiger partial charge in [0.2, 0.25) is 0 Å². The maximum Gasteiger partial charge on any atom is 0.165 e. The highest BCUT2D eigenvalue weighted by molar-refractivity contribution is 5.96. The minimum absolute atomic E-state index is 0.194. The van der Waals surface area contributed by atoms with Crippen molar-refractivity contribution in [1.29, 1.82) is 0 Å². The van der Waals surface area contributed by atoms with Gasteiger partial charge in [-0.15, -0.1) is 0 Å². The number of hydrogen-bond acceptors (Lipinski definition) is 2. The van der Waals surface area contributed by atoms with Crippen LogP contribution in [0, 0.1) is 0 Å². The molecule has 1 aliphatic rings. The highest BCUT2D eigenvalue weighted by Gasteiger charge is 2.20. The van der Waals surface area contributed by atoms with Crippen LogP contribution in [0.15, 0.2) is 24.3 Å². The number of benzene rings is 1. The summed E-state index contributed by atoms with van der Waals surface area (Å²) in [7, 11) is 0. The standard InChI is InChI=1S/C15H20O2/c1-2-17-10-9-15(16)14-8-4-7-13(11-14)12-5-3-6-12/h4,7-8,11-12H,2-3,5-6,9-10H2,1H3. The van der Waals surface area contributed by atoms with Crippen LogP contribution >= 0.6 is 0 Å². The maximum absolute atomic E-state index is 11.9. The highest BCUT2D eigenvalue weighted by atomic mass is 16.5. The van der Waals surface area contributed by atoms with Crippen LogP contribution in [0.1, 0.15) is 54.4 Å². The summed E-state index contributed by atoms with van der Waals surface area (Å²) < 4.78 is 5.21. The van der Waals surface area contributed by atoms with Gasteiger partial charge in [-0.25, -0.2) is 0 Å². The molecule has 0 N–H and O–H groups in total. The van der Waals surface area contributed by atoms with Gasteiger partial charge in [0.1, 0.15) is 0 Å². The summed E-state index contributed by atoms with van der Waals surface area (Å²) in [4.78, 5) is 11.9. The zero-order valence-corrected chi connectivity index (χ0v) is 10.4. The predicted octanol–water partition coefficient (Wildman–Crippen LogP) is 3.56. The Morgan fingerprint density at radius 3 is 2.88 bits per heavy atom. The Morgan fingerprint density at radius 2 is 2.24 bits per heavy atom. The predicted molar refractivity (Wildman–Crippen MR) is 68.5 cm³/mol. The number of carbonyl (C=O) groups is 1. The van der Waals surface area contributed by atoms with Crippen LogP contribution in [0.4, 0.5) is 0 Å². The first-order valence-corrected chi connectivity index (χ1v) is 6.52. The quantitative estimate of drug-likeness (QED) is 0.553. The molecule has 2 nitrogen and oxygen atoms in total. The van der Waals surface area contributed by atoms with Crippen molar-refractivity contribution in [2.75, 3.05) is 13.2 Å². The average molecular weight is 232 g/mol. The molecule has 1 aromatic carbocycles. The third-order valence-electron chi connectivity index (χ3n) is 3.46. The van der Waals surface area contributed by atoms with Gasteiger partial charge < -0.3 is 4.74 Å². The van der Waals surface area contributed by atoms with Crippen molar-refractivity contribution in [3.63, 3.8) is 0 Å². The molecule has 2 rings (SSSR count). The van der Waals surface area contributed by atoms with E-state index in [4.69, 9.17) is 4.74 Å². The van der Waals surface area contributed by atoms with Gasteiger partial charge in [-0.2, -0.15) is 0 Å². The van der Waals surface area contributed by atoms with Crippen molar-refractivity contribution in [1.82, 2.24) is 0 Å². The second-order valence-corrected chi connectivity index (χ2v) is 4.62. The molecule has 0 unspecified atom stereocenters. The molecular formula is C15H20O2. The summed E-state index contributed by atoms with van der Waals surface area (Å²) in [6.07, 6.45) is 4.36. The topological polar surface area (TPSA) is 26.3 Å². The fourth-order valence-electron chi connectivity index (χ4n) is 2.16. The largest absolute Gasteiger partial charge is 0.381 e. The third-order valence-corrected chi connectivity index (χ3v) is 3.46. The first-order valence-electron chi connectivity index (χ1n) is 6.52. The molecule has 1 aromatic rings. The van der Waals surface area contributed by atoms with Crippen LogP contribution in [0.25, 0.3) is 0 Å². The number of rotatable bonds is 6. The van der Waals surface area contributed by atoms with E-state index in [9.17, 15) is 4.79 Å². The molecule has 92 valence electrons. The SMILES string of the molecule is CCOCCC(=O)c1cccc(C2CCC2)c1. The zero-order chi connectivity index (χ0) is 12.1. The van der Waals surface area contributed by atoms with Gasteiger partial charge in [-0.1, -0.05) is 24.6 Å². The number of ether oxygens (including phenoxy) is 1. The summed E-state index contributed by atoms with van der Waals surface area (Å²) in [5.74, 6) is 0.884. The minimum Gasteiger partial charge on any atom is -0.381 e. The smallest absolute Gasteiger partial charge is 0.165 e. The molecule has 1 fully saturated rings. The van der Waals surface area contributed by atoms with Crippen LogP contribution in [0.3, 0.4) is 0 Å². The van der Waals surface area contributed by atoms with Crippen molar-refractivity contribution in [2.24, 2.45) is 0 Å². The molecule has 0 heterocycles. The van der Waals surface area contributed by atoms with E-state index in [1.165, 1.54) is 24.8 Å². The molecule has 2 heteroatoms. The van der Waals surface area contributed by atoms with E-state index in [0.29, 0.717) is 25.6 Å². The van der Waals surface area contributed by atoms with Gasteiger partial charge in [-0.05, 0) is 37.3 Å². The first-order chi connectivity index (χ1) is 8.31. The maximum atomic E-state index is 11.9. The Balaban J connectivity index is 1.97. The first kappa shape index (κ1) is 12.3. The van der Waals surface area contributed by atoms with Gasteiger partial charge >= 0.3 is 0 Å². The van der Waals surface area contributed by atoms with Crippen molar-refractivity contribution in [3.05, 3.63) is 35.4 Å². The fraction of sp³-hybridized carbons (Fsp3) is 0.533. The summed E-state index contributed by atoms with van der Waals surface area (Å²) in [5, 5.41) is 0. The van der Waals surface area contributed by atoms with Gasteiger partial charge in [-0.3, -0.25) is 4.79 Å². The van der Waals surface area contributed by atoms with Gasteiger partial charge in [0.15, 0.2) is 5.78 Å². The van der Waals surface area contributed by atoms with Crippen LogP contribution in [-0.2, 0) is 4.74 Å². The molecular weight excluding hydrogens is 212 g/mol. The Kier molecular flexibility index (Phi) is 4.32. The van der Waals surface area contributed by atoms with E-state index >= 15 is 0 Å². The Labute approximate surface area is 103 Å². The molecule has 0 radical (unpaired) electrons. The monoisotopic (exact) mass is 232 g/mol. The lowest BCUT2D eigenvalue weighted by Crippen LogP contribution is -2.10. The number of carbonyl (C=O) groups excluding carboxylic acids is 1. The van der Waals surface area contributed by atoms with Crippen LogP contribution in [0.5, 0.6) is 0 Å². The molecule has 17 heavy (non-hydrogen) atoms. The fourth-order valence-corrected chi connectivity index (χ4v) is 2.16. The molecule has 1 saturated carbocycles. The van der Waals surface area contributed by atoms with E-state index in [2.05, 4.69) is 12.1 Å². The Morgan fingerprint density at radius 1 is 1.41 bits per heavy atom. The van der Waals surface area contributed by atoms with Crippen molar-refractivity contribution >= 4 is 5.78 Å². The van der Waals surface area contributed by atoms with E-state index < -0.39 is 0 Å². The molecule has 0 aromatic heterocycles. The second-order valence-electron chi connectivity index (χ2n) is 4.62. The normalized spacial score (nSPS) is 15.6. The Bertz CT molecular complexity index is 380. The molecule has 0 bridgehead atoms. The zero-order valence-electron chi connectivity index (χ0n) is 10.4. The molecule has 0 spiro atoms. The van der Waals surface area contributed by atoms with Crippen LogP contribution in [-0.4, -0.2) is 19.0 Å². The van der Waals surface area contributed by atoms with Crippen molar-refractivity contribution in [3.8, 4) is 0 Å².